The summed E-state index contributed by atoms with van der Waals surface area (Å²) in [4.78, 5) is 13.6. The summed E-state index contributed by atoms with van der Waals surface area (Å²) in [5.74, 6) is 1.72. The maximum Gasteiger partial charge on any atom is 0.257 e. The zero-order chi connectivity index (χ0) is 19.1. The van der Waals surface area contributed by atoms with E-state index in [0.717, 1.165) is 22.3 Å². The number of carbonyl (C=O) groups excluding carboxylic acids is 1. The van der Waals surface area contributed by atoms with Gasteiger partial charge in [-0.05, 0) is 43.2 Å². The molecule has 0 atom stereocenters. The standard InChI is InChI=1S/C20H21N3OS3/c1-3-12-25-20-23-22-19(27-20)21-18(24)16-8-6-15(7-9-16)13-26-17-10-4-14(2)5-11-17/h4-11H,3,12-13H2,1-2H3,(H,21,22,24). The first-order valence-corrected chi connectivity index (χ1v) is 11.5. The molecule has 0 unspecified atom stereocenters. The Kier molecular flexibility index (Phi) is 7.32. The van der Waals surface area contributed by atoms with Gasteiger partial charge in [-0.1, -0.05) is 59.9 Å². The highest BCUT2D eigenvalue weighted by molar-refractivity contribution is 8.01. The van der Waals surface area contributed by atoms with Crippen LogP contribution >= 0.6 is 34.9 Å². The van der Waals surface area contributed by atoms with Crippen molar-refractivity contribution < 1.29 is 4.79 Å². The average molecular weight is 416 g/mol. The highest BCUT2D eigenvalue weighted by atomic mass is 32.2. The molecule has 0 bridgehead atoms. The lowest BCUT2D eigenvalue weighted by Gasteiger charge is -2.05. The minimum absolute atomic E-state index is 0.157. The average Bonchev–Trinajstić information content (AvgIpc) is 3.13. The molecule has 1 N–H and O–H groups in total. The molecule has 1 aromatic heterocycles. The number of rotatable bonds is 8. The van der Waals surface area contributed by atoms with Crippen LogP contribution < -0.4 is 5.32 Å². The monoisotopic (exact) mass is 415 g/mol. The van der Waals surface area contributed by atoms with Gasteiger partial charge < -0.3 is 0 Å². The number of nitrogens with zero attached hydrogens (tertiary/aromatic N) is 2. The fourth-order valence-corrected chi connectivity index (χ4v) is 4.76. The number of benzene rings is 2. The first-order valence-electron chi connectivity index (χ1n) is 8.70. The lowest BCUT2D eigenvalue weighted by molar-refractivity contribution is 0.102. The summed E-state index contributed by atoms with van der Waals surface area (Å²) >= 11 is 4.86. The molecule has 7 heteroatoms. The molecule has 0 aliphatic heterocycles. The van der Waals surface area contributed by atoms with Crippen LogP contribution in [-0.4, -0.2) is 21.9 Å². The van der Waals surface area contributed by atoms with Gasteiger partial charge in [0, 0.05) is 22.0 Å². The smallest absolute Gasteiger partial charge is 0.257 e. The second kappa shape index (κ2) is 9.92. The van der Waals surface area contributed by atoms with E-state index in [9.17, 15) is 4.79 Å². The Hall–Kier alpha value is -1.83. The molecule has 1 amide bonds. The number of amides is 1. The van der Waals surface area contributed by atoms with Gasteiger partial charge in [0.15, 0.2) is 4.34 Å². The molecule has 2 aromatic carbocycles. The summed E-state index contributed by atoms with van der Waals surface area (Å²) in [7, 11) is 0. The molecule has 0 fully saturated rings. The molecule has 4 nitrogen and oxygen atoms in total. The van der Waals surface area contributed by atoms with Crippen LogP contribution in [0.4, 0.5) is 5.13 Å². The zero-order valence-corrected chi connectivity index (χ0v) is 17.7. The number of aryl methyl sites for hydroxylation is 1. The van der Waals surface area contributed by atoms with Gasteiger partial charge in [0.1, 0.15) is 0 Å². The molecule has 27 heavy (non-hydrogen) atoms. The van der Waals surface area contributed by atoms with Crippen molar-refractivity contribution in [1.29, 1.82) is 0 Å². The summed E-state index contributed by atoms with van der Waals surface area (Å²) in [6.07, 6.45) is 1.08. The van der Waals surface area contributed by atoms with Gasteiger partial charge in [-0.3, -0.25) is 10.1 Å². The van der Waals surface area contributed by atoms with Crippen molar-refractivity contribution >= 4 is 45.9 Å². The summed E-state index contributed by atoms with van der Waals surface area (Å²) in [6.45, 7) is 4.21. The number of nitrogens with one attached hydrogen (secondary N) is 1. The van der Waals surface area contributed by atoms with Crippen LogP contribution in [0.5, 0.6) is 0 Å². The van der Waals surface area contributed by atoms with Crippen molar-refractivity contribution in [3.05, 3.63) is 65.2 Å². The number of anilines is 1. The summed E-state index contributed by atoms with van der Waals surface area (Å²) in [6, 6.07) is 16.2. The molecule has 0 saturated carbocycles. The number of hydrogen-bond donors (Lipinski definition) is 1. The van der Waals surface area contributed by atoms with Gasteiger partial charge in [-0.25, -0.2) is 0 Å². The molecular formula is C20H21N3OS3. The third-order valence-electron chi connectivity index (χ3n) is 3.70. The quantitative estimate of drug-likeness (QED) is 0.367. The van der Waals surface area contributed by atoms with E-state index in [0.29, 0.717) is 10.7 Å². The van der Waals surface area contributed by atoms with Gasteiger partial charge in [0.2, 0.25) is 5.13 Å². The van der Waals surface area contributed by atoms with Gasteiger partial charge in [0.25, 0.3) is 5.91 Å². The highest BCUT2D eigenvalue weighted by Gasteiger charge is 2.10. The molecule has 140 valence electrons. The summed E-state index contributed by atoms with van der Waals surface area (Å²) < 4.78 is 0.885. The first kappa shape index (κ1) is 19.9. The predicted molar refractivity (Wildman–Crippen MR) is 116 cm³/mol. The Bertz CT molecular complexity index is 876. The van der Waals surface area contributed by atoms with E-state index in [2.05, 4.69) is 53.6 Å². The van der Waals surface area contributed by atoms with E-state index in [1.807, 2.05) is 24.3 Å². The normalized spacial score (nSPS) is 10.7. The topological polar surface area (TPSA) is 54.9 Å². The summed E-state index contributed by atoms with van der Waals surface area (Å²) in [5.41, 5.74) is 3.07. The highest BCUT2D eigenvalue weighted by Crippen LogP contribution is 2.26. The lowest BCUT2D eigenvalue weighted by Crippen LogP contribution is -2.11. The van der Waals surface area contributed by atoms with Gasteiger partial charge in [0.05, 0.1) is 0 Å². The van der Waals surface area contributed by atoms with E-state index < -0.39 is 0 Å². The lowest BCUT2D eigenvalue weighted by atomic mass is 10.1. The Labute approximate surface area is 172 Å². The van der Waals surface area contributed by atoms with Crippen molar-refractivity contribution in [2.75, 3.05) is 11.1 Å². The van der Waals surface area contributed by atoms with Crippen molar-refractivity contribution in [3.8, 4) is 0 Å². The van der Waals surface area contributed by atoms with Crippen molar-refractivity contribution in [1.82, 2.24) is 10.2 Å². The minimum atomic E-state index is -0.157. The van der Waals surface area contributed by atoms with Crippen LogP contribution in [0, 0.1) is 6.92 Å². The first-order chi connectivity index (χ1) is 13.1. The third kappa shape index (κ3) is 6.09. The number of aromatic nitrogens is 2. The van der Waals surface area contributed by atoms with E-state index >= 15 is 0 Å². The Balaban J connectivity index is 1.53. The van der Waals surface area contributed by atoms with Crippen molar-refractivity contribution in [3.63, 3.8) is 0 Å². The molecule has 3 rings (SSSR count). The summed E-state index contributed by atoms with van der Waals surface area (Å²) in [5, 5.41) is 11.5. The molecule has 0 spiro atoms. The largest absolute Gasteiger partial charge is 0.296 e. The van der Waals surface area contributed by atoms with Gasteiger partial charge in [-0.2, -0.15) is 0 Å². The second-order valence-corrected chi connectivity index (χ2v) is 9.34. The molecule has 0 aliphatic carbocycles. The minimum Gasteiger partial charge on any atom is -0.296 e. The molecule has 0 saturated heterocycles. The fourth-order valence-electron chi connectivity index (χ4n) is 2.23. The maximum atomic E-state index is 12.4. The van der Waals surface area contributed by atoms with Crippen LogP contribution in [0.3, 0.4) is 0 Å². The van der Waals surface area contributed by atoms with Crippen molar-refractivity contribution in [2.24, 2.45) is 0 Å². The van der Waals surface area contributed by atoms with E-state index in [1.54, 1.807) is 23.5 Å². The fraction of sp³-hybridized carbons (Fsp3) is 0.250. The van der Waals surface area contributed by atoms with Crippen LogP contribution in [0.1, 0.15) is 34.8 Å². The predicted octanol–water partition coefficient (Wildman–Crippen LogP) is 5.89. The molecular weight excluding hydrogens is 394 g/mol. The van der Waals surface area contributed by atoms with Gasteiger partial charge >= 0.3 is 0 Å². The van der Waals surface area contributed by atoms with Crippen LogP contribution in [0.15, 0.2) is 57.8 Å². The number of hydrogen-bond acceptors (Lipinski definition) is 6. The van der Waals surface area contributed by atoms with Crippen molar-refractivity contribution in [2.45, 2.75) is 35.3 Å². The number of thioether (sulfide) groups is 2. The second-order valence-electron chi connectivity index (χ2n) is 5.97. The van der Waals surface area contributed by atoms with Gasteiger partial charge in [-0.15, -0.1) is 22.0 Å². The van der Waals surface area contributed by atoms with Crippen LogP contribution in [-0.2, 0) is 5.75 Å². The van der Waals surface area contributed by atoms with E-state index in [1.165, 1.54) is 27.4 Å². The Morgan fingerprint density at radius 1 is 1.04 bits per heavy atom. The number of carbonyl (C=O) groups is 1. The Morgan fingerprint density at radius 3 is 2.48 bits per heavy atom. The van der Waals surface area contributed by atoms with Crippen LogP contribution in [0.25, 0.3) is 0 Å². The molecule has 0 radical (unpaired) electrons. The molecule has 3 aromatic rings. The maximum absolute atomic E-state index is 12.4. The SMILES string of the molecule is CCCSc1nnc(NC(=O)c2ccc(CSc3ccc(C)cc3)cc2)s1. The molecule has 0 aliphatic rings. The zero-order valence-electron chi connectivity index (χ0n) is 15.3. The van der Waals surface area contributed by atoms with Crippen LogP contribution in [0.2, 0.25) is 0 Å². The van der Waals surface area contributed by atoms with E-state index in [-0.39, 0.29) is 5.91 Å². The molecule has 1 heterocycles. The Morgan fingerprint density at radius 2 is 1.78 bits per heavy atom. The third-order valence-corrected chi connectivity index (χ3v) is 6.96. The van der Waals surface area contributed by atoms with E-state index in [4.69, 9.17) is 0 Å².